The molecular weight excluding hydrogens is 253 g/mol. The van der Waals surface area contributed by atoms with E-state index in [-0.39, 0.29) is 18.3 Å². The lowest BCUT2D eigenvalue weighted by Gasteiger charge is -2.13. The van der Waals surface area contributed by atoms with Gasteiger partial charge in [-0.25, -0.2) is 9.18 Å². The molecule has 1 N–H and O–H groups in total. The smallest absolute Gasteiger partial charge is 0.344 e. The highest BCUT2D eigenvalue weighted by Crippen LogP contribution is 2.10. The number of nitrogens with one attached hydrogen (secondary N) is 1. The van der Waals surface area contributed by atoms with Crippen LogP contribution in [0.1, 0.15) is 13.8 Å². The van der Waals surface area contributed by atoms with E-state index in [1.165, 1.54) is 31.2 Å². The summed E-state index contributed by atoms with van der Waals surface area (Å²) < 4.78 is 22.6. The number of likely N-dealkylation sites (N-methyl/N-ethyl adjacent to an activating group) is 1. The lowest BCUT2D eigenvalue weighted by Crippen LogP contribution is -2.36. The summed E-state index contributed by atoms with van der Waals surface area (Å²) in [6.45, 7) is 3.37. The van der Waals surface area contributed by atoms with Crippen molar-refractivity contribution in [3.8, 4) is 5.75 Å². The van der Waals surface area contributed by atoms with Crippen molar-refractivity contribution in [3.63, 3.8) is 0 Å². The first-order valence-electron chi connectivity index (χ1n) is 5.88. The Labute approximate surface area is 110 Å². The predicted molar refractivity (Wildman–Crippen MR) is 66.1 cm³/mol. The van der Waals surface area contributed by atoms with Crippen molar-refractivity contribution < 1.29 is 23.5 Å². The van der Waals surface area contributed by atoms with E-state index in [1.54, 1.807) is 6.92 Å². The van der Waals surface area contributed by atoms with Gasteiger partial charge in [0.2, 0.25) is 0 Å². The quantitative estimate of drug-likeness (QED) is 0.790. The molecule has 0 fully saturated rings. The number of ether oxygens (including phenoxy) is 2. The van der Waals surface area contributed by atoms with Crippen LogP contribution in [0.4, 0.5) is 4.39 Å². The van der Waals surface area contributed by atoms with Crippen LogP contribution in [0.25, 0.3) is 0 Å². The monoisotopic (exact) mass is 269 g/mol. The van der Waals surface area contributed by atoms with Gasteiger partial charge in [0.05, 0.1) is 0 Å². The lowest BCUT2D eigenvalue weighted by atomic mass is 10.3. The fourth-order valence-electron chi connectivity index (χ4n) is 1.28. The molecule has 0 bridgehead atoms. The van der Waals surface area contributed by atoms with Crippen molar-refractivity contribution in [2.75, 3.05) is 13.2 Å². The van der Waals surface area contributed by atoms with Gasteiger partial charge in [0, 0.05) is 6.54 Å². The molecule has 6 heteroatoms. The fraction of sp³-hybridized carbons (Fsp3) is 0.385. The van der Waals surface area contributed by atoms with E-state index < -0.39 is 12.1 Å². The predicted octanol–water partition coefficient (Wildman–Crippen LogP) is 1.27. The van der Waals surface area contributed by atoms with Crippen LogP contribution in [-0.4, -0.2) is 31.1 Å². The number of amides is 1. The van der Waals surface area contributed by atoms with Gasteiger partial charge in [-0.15, -0.1) is 0 Å². The first-order chi connectivity index (χ1) is 9.02. The van der Waals surface area contributed by atoms with E-state index in [0.29, 0.717) is 12.3 Å². The number of rotatable bonds is 6. The lowest BCUT2D eigenvalue weighted by molar-refractivity contribution is -0.156. The fourth-order valence-corrected chi connectivity index (χ4v) is 1.28. The highest BCUT2D eigenvalue weighted by atomic mass is 19.1. The summed E-state index contributed by atoms with van der Waals surface area (Å²) in [5.41, 5.74) is 0. The first kappa shape index (κ1) is 14.9. The Hall–Kier alpha value is -2.11. The molecule has 1 aromatic carbocycles. The Morgan fingerprint density at radius 3 is 2.53 bits per heavy atom. The molecule has 0 heterocycles. The summed E-state index contributed by atoms with van der Waals surface area (Å²) in [7, 11) is 0. The van der Waals surface area contributed by atoms with Crippen LogP contribution < -0.4 is 10.1 Å². The van der Waals surface area contributed by atoms with Gasteiger partial charge in [-0.2, -0.15) is 0 Å². The zero-order chi connectivity index (χ0) is 14.3. The van der Waals surface area contributed by atoms with Gasteiger partial charge < -0.3 is 14.8 Å². The minimum absolute atomic E-state index is 0.338. The number of benzene rings is 1. The number of hydrogen-bond acceptors (Lipinski definition) is 4. The van der Waals surface area contributed by atoms with E-state index in [4.69, 9.17) is 9.47 Å². The molecule has 1 amide bonds. The Morgan fingerprint density at radius 2 is 1.95 bits per heavy atom. The molecule has 0 saturated carbocycles. The standard InChI is InChI=1S/C13H16FNO4/c1-3-15-13(17)9(2)19-12(16)8-18-11-6-4-10(14)5-7-11/h4-7,9H,3,8H2,1-2H3,(H,15,17)/t9-/m1/s1. The van der Waals surface area contributed by atoms with Crippen molar-refractivity contribution in [3.05, 3.63) is 30.1 Å². The van der Waals surface area contributed by atoms with E-state index in [9.17, 15) is 14.0 Å². The molecule has 0 aliphatic carbocycles. The van der Waals surface area contributed by atoms with Gasteiger partial charge >= 0.3 is 5.97 Å². The molecule has 19 heavy (non-hydrogen) atoms. The van der Waals surface area contributed by atoms with Crippen LogP contribution in [0.5, 0.6) is 5.75 Å². The van der Waals surface area contributed by atoms with Crippen LogP contribution in [0, 0.1) is 5.82 Å². The molecule has 104 valence electrons. The molecule has 1 aromatic rings. The van der Waals surface area contributed by atoms with Crippen molar-refractivity contribution >= 4 is 11.9 Å². The number of halogens is 1. The Kier molecular flexibility index (Phi) is 5.78. The second kappa shape index (κ2) is 7.35. The van der Waals surface area contributed by atoms with Crippen molar-refractivity contribution in [1.82, 2.24) is 5.32 Å². The molecule has 1 rings (SSSR count). The summed E-state index contributed by atoms with van der Waals surface area (Å²) in [4.78, 5) is 22.7. The molecular formula is C13H16FNO4. The Balaban J connectivity index is 2.35. The topological polar surface area (TPSA) is 64.6 Å². The van der Waals surface area contributed by atoms with Crippen molar-refractivity contribution in [2.24, 2.45) is 0 Å². The maximum absolute atomic E-state index is 12.6. The van der Waals surface area contributed by atoms with E-state index in [1.807, 2.05) is 0 Å². The third kappa shape index (κ3) is 5.37. The average molecular weight is 269 g/mol. The third-order valence-corrected chi connectivity index (χ3v) is 2.20. The van der Waals surface area contributed by atoms with Crippen LogP contribution in [0.15, 0.2) is 24.3 Å². The Bertz CT molecular complexity index is 433. The largest absolute Gasteiger partial charge is 0.482 e. The zero-order valence-corrected chi connectivity index (χ0v) is 10.8. The summed E-state index contributed by atoms with van der Waals surface area (Å²) >= 11 is 0. The molecule has 0 unspecified atom stereocenters. The van der Waals surface area contributed by atoms with Gasteiger partial charge in [0.1, 0.15) is 11.6 Å². The van der Waals surface area contributed by atoms with Gasteiger partial charge in [0.15, 0.2) is 12.7 Å². The van der Waals surface area contributed by atoms with Gasteiger partial charge in [0.25, 0.3) is 5.91 Å². The van der Waals surface area contributed by atoms with Crippen LogP contribution in [0.3, 0.4) is 0 Å². The third-order valence-electron chi connectivity index (χ3n) is 2.20. The van der Waals surface area contributed by atoms with Crippen molar-refractivity contribution in [2.45, 2.75) is 20.0 Å². The highest BCUT2D eigenvalue weighted by Gasteiger charge is 2.17. The zero-order valence-electron chi connectivity index (χ0n) is 10.8. The maximum atomic E-state index is 12.6. The first-order valence-corrected chi connectivity index (χ1v) is 5.88. The normalized spacial score (nSPS) is 11.5. The Morgan fingerprint density at radius 1 is 1.32 bits per heavy atom. The number of hydrogen-bond donors (Lipinski definition) is 1. The van der Waals surface area contributed by atoms with Crippen LogP contribution >= 0.6 is 0 Å². The molecule has 1 atom stereocenters. The summed E-state index contributed by atoms with van der Waals surface area (Å²) in [6, 6.07) is 5.24. The van der Waals surface area contributed by atoms with E-state index in [0.717, 1.165) is 0 Å². The molecule has 0 aliphatic rings. The van der Waals surface area contributed by atoms with E-state index in [2.05, 4.69) is 5.32 Å². The number of carbonyl (C=O) groups excluding carboxylic acids is 2. The van der Waals surface area contributed by atoms with Crippen molar-refractivity contribution in [1.29, 1.82) is 0 Å². The minimum Gasteiger partial charge on any atom is -0.482 e. The van der Waals surface area contributed by atoms with Crippen LogP contribution in [0.2, 0.25) is 0 Å². The molecule has 0 saturated heterocycles. The molecule has 0 aliphatic heterocycles. The molecule has 5 nitrogen and oxygen atoms in total. The van der Waals surface area contributed by atoms with Gasteiger partial charge in [-0.1, -0.05) is 0 Å². The summed E-state index contributed by atoms with van der Waals surface area (Å²) in [5.74, 6) is -1.07. The van der Waals surface area contributed by atoms with Crippen LogP contribution in [-0.2, 0) is 14.3 Å². The van der Waals surface area contributed by atoms with Gasteiger partial charge in [-0.05, 0) is 38.1 Å². The summed E-state index contributed by atoms with van der Waals surface area (Å²) in [6.07, 6.45) is -0.871. The second-order valence-corrected chi connectivity index (χ2v) is 3.77. The summed E-state index contributed by atoms with van der Waals surface area (Å²) in [5, 5.41) is 2.53. The SMILES string of the molecule is CCNC(=O)[C@@H](C)OC(=O)COc1ccc(F)cc1. The minimum atomic E-state index is -0.871. The number of carbonyl (C=O) groups is 2. The molecule has 0 radical (unpaired) electrons. The molecule has 0 aromatic heterocycles. The number of esters is 1. The van der Waals surface area contributed by atoms with Gasteiger partial charge in [-0.3, -0.25) is 4.79 Å². The average Bonchev–Trinajstić information content (AvgIpc) is 2.38. The second-order valence-electron chi connectivity index (χ2n) is 3.77. The van der Waals surface area contributed by atoms with E-state index >= 15 is 0 Å². The maximum Gasteiger partial charge on any atom is 0.344 e. The highest BCUT2D eigenvalue weighted by molar-refractivity contribution is 5.83. The molecule has 0 spiro atoms.